The molecule has 0 bridgehead atoms. The average molecular weight is 321 g/mol. The van der Waals surface area contributed by atoms with Crippen LogP contribution in [0.3, 0.4) is 0 Å². The number of hydrogen-bond acceptors (Lipinski definition) is 3. The summed E-state index contributed by atoms with van der Waals surface area (Å²) in [6, 6.07) is 15.1. The number of benzene rings is 2. The fraction of sp³-hybridized carbons (Fsp3) is 0.133. The third kappa shape index (κ3) is 3.42. The number of rotatable bonds is 4. The molecule has 2 rings (SSSR count). The van der Waals surface area contributed by atoms with Crippen LogP contribution in [0.1, 0.15) is 11.1 Å². The zero-order valence-electron chi connectivity index (χ0n) is 11.3. The van der Waals surface area contributed by atoms with Gasteiger partial charge in [0.15, 0.2) is 0 Å². The maximum atomic E-state index is 12.5. The second-order valence-electron chi connectivity index (χ2n) is 4.50. The number of nitriles is 1. The Morgan fingerprint density at radius 2 is 1.90 bits per heavy atom. The molecule has 0 amide bonds. The molecule has 2 aromatic carbocycles. The SMILES string of the molecule is CN(Cc1cccc(Cl)c1)S(=O)(=O)c1ccccc1C#N. The van der Waals surface area contributed by atoms with Gasteiger partial charge >= 0.3 is 0 Å². The van der Waals surface area contributed by atoms with Gasteiger partial charge in [0.25, 0.3) is 0 Å². The molecule has 21 heavy (non-hydrogen) atoms. The lowest BCUT2D eigenvalue weighted by atomic mass is 10.2. The Morgan fingerprint density at radius 3 is 2.57 bits per heavy atom. The largest absolute Gasteiger partial charge is 0.244 e. The summed E-state index contributed by atoms with van der Waals surface area (Å²) in [5.41, 5.74) is 0.915. The van der Waals surface area contributed by atoms with Crippen LogP contribution in [-0.4, -0.2) is 19.8 Å². The first-order chi connectivity index (χ1) is 9.95. The predicted octanol–water partition coefficient (Wildman–Crippen LogP) is 3.03. The average Bonchev–Trinajstić information content (AvgIpc) is 2.47. The molecule has 0 spiro atoms. The predicted molar refractivity (Wildman–Crippen MR) is 81.3 cm³/mol. The number of sulfonamides is 1. The molecular weight excluding hydrogens is 308 g/mol. The van der Waals surface area contributed by atoms with Crippen LogP contribution >= 0.6 is 11.6 Å². The minimum absolute atomic E-state index is 0.0111. The lowest BCUT2D eigenvalue weighted by Gasteiger charge is -2.18. The Morgan fingerprint density at radius 1 is 1.19 bits per heavy atom. The Balaban J connectivity index is 2.33. The summed E-state index contributed by atoms with van der Waals surface area (Å²) >= 11 is 5.90. The molecular formula is C15H13ClN2O2S. The van der Waals surface area contributed by atoms with Crippen LogP contribution in [0.15, 0.2) is 53.4 Å². The van der Waals surface area contributed by atoms with E-state index in [4.69, 9.17) is 16.9 Å². The molecule has 0 unspecified atom stereocenters. The van der Waals surface area contributed by atoms with E-state index < -0.39 is 10.0 Å². The zero-order valence-corrected chi connectivity index (χ0v) is 12.9. The highest BCUT2D eigenvalue weighted by Crippen LogP contribution is 2.21. The normalized spacial score (nSPS) is 11.3. The third-order valence-corrected chi connectivity index (χ3v) is 5.09. The summed E-state index contributed by atoms with van der Waals surface area (Å²) in [7, 11) is -2.25. The van der Waals surface area contributed by atoms with Crippen molar-refractivity contribution in [3.8, 4) is 6.07 Å². The monoisotopic (exact) mass is 320 g/mol. The Labute approximate surface area is 129 Å². The first-order valence-electron chi connectivity index (χ1n) is 6.15. The van der Waals surface area contributed by atoms with E-state index in [9.17, 15) is 8.42 Å². The van der Waals surface area contributed by atoms with Crippen molar-refractivity contribution in [3.05, 3.63) is 64.7 Å². The summed E-state index contributed by atoms with van der Waals surface area (Å²) in [4.78, 5) is 0.0111. The van der Waals surface area contributed by atoms with Gasteiger partial charge in [0.1, 0.15) is 6.07 Å². The Bertz CT molecular complexity index is 797. The topological polar surface area (TPSA) is 61.2 Å². The van der Waals surface area contributed by atoms with E-state index >= 15 is 0 Å². The molecule has 0 aliphatic heterocycles. The first kappa shape index (κ1) is 15.5. The zero-order chi connectivity index (χ0) is 15.5. The number of hydrogen-bond donors (Lipinski definition) is 0. The number of nitrogens with zero attached hydrogens (tertiary/aromatic N) is 2. The van der Waals surface area contributed by atoms with E-state index in [1.165, 1.54) is 23.5 Å². The van der Waals surface area contributed by atoms with E-state index in [-0.39, 0.29) is 17.0 Å². The van der Waals surface area contributed by atoms with Gasteiger partial charge in [0.2, 0.25) is 10.0 Å². The van der Waals surface area contributed by atoms with Gasteiger partial charge in [-0.25, -0.2) is 8.42 Å². The van der Waals surface area contributed by atoms with E-state index in [0.29, 0.717) is 5.02 Å². The first-order valence-corrected chi connectivity index (χ1v) is 7.97. The fourth-order valence-electron chi connectivity index (χ4n) is 1.93. The van der Waals surface area contributed by atoms with Gasteiger partial charge in [-0.15, -0.1) is 0 Å². The van der Waals surface area contributed by atoms with E-state index in [0.717, 1.165) is 5.56 Å². The van der Waals surface area contributed by atoms with Gasteiger partial charge in [-0.2, -0.15) is 9.57 Å². The maximum Gasteiger partial charge on any atom is 0.244 e. The van der Waals surface area contributed by atoms with Gasteiger partial charge in [-0.3, -0.25) is 0 Å². The molecule has 0 saturated heterocycles. The van der Waals surface area contributed by atoms with Gasteiger partial charge in [0, 0.05) is 18.6 Å². The molecule has 0 N–H and O–H groups in total. The second kappa shape index (κ2) is 6.27. The highest BCUT2D eigenvalue weighted by Gasteiger charge is 2.23. The van der Waals surface area contributed by atoms with Gasteiger partial charge in [-0.05, 0) is 29.8 Å². The highest BCUT2D eigenvalue weighted by molar-refractivity contribution is 7.89. The summed E-state index contributed by atoms with van der Waals surface area (Å²) in [6.45, 7) is 0.183. The molecule has 2 aromatic rings. The van der Waals surface area contributed by atoms with Gasteiger partial charge < -0.3 is 0 Å². The molecule has 108 valence electrons. The lowest BCUT2D eigenvalue weighted by Crippen LogP contribution is -2.27. The van der Waals surface area contributed by atoms with Crippen LogP contribution in [0.5, 0.6) is 0 Å². The minimum Gasteiger partial charge on any atom is -0.207 e. The molecule has 0 aliphatic carbocycles. The molecule has 0 saturated carbocycles. The van der Waals surface area contributed by atoms with Crippen LogP contribution in [0, 0.1) is 11.3 Å². The highest BCUT2D eigenvalue weighted by atomic mass is 35.5. The smallest absolute Gasteiger partial charge is 0.207 e. The Hall–Kier alpha value is -1.87. The van der Waals surface area contributed by atoms with Crippen molar-refractivity contribution in [1.29, 1.82) is 5.26 Å². The molecule has 0 atom stereocenters. The van der Waals surface area contributed by atoms with Crippen LogP contribution in [-0.2, 0) is 16.6 Å². The van der Waals surface area contributed by atoms with Crippen LogP contribution in [0.4, 0.5) is 0 Å². The van der Waals surface area contributed by atoms with Crippen molar-refractivity contribution in [2.75, 3.05) is 7.05 Å². The van der Waals surface area contributed by atoms with Crippen LogP contribution in [0.2, 0.25) is 5.02 Å². The molecule has 4 nitrogen and oxygen atoms in total. The van der Waals surface area contributed by atoms with Crippen LogP contribution < -0.4 is 0 Å². The molecule has 0 heterocycles. The van der Waals surface area contributed by atoms with E-state index in [2.05, 4.69) is 0 Å². The van der Waals surface area contributed by atoms with Crippen LogP contribution in [0.25, 0.3) is 0 Å². The summed E-state index contributed by atoms with van der Waals surface area (Å²) in [6.07, 6.45) is 0. The van der Waals surface area contributed by atoms with Gasteiger partial charge in [0.05, 0.1) is 10.5 Å². The van der Waals surface area contributed by atoms with E-state index in [1.807, 2.05) is 6.07 Å². The fourth-order valence-corrected chi connectivity index (χ4v) is 3.44. The van der Waals surface area contributed by atoms with Crippen molar-refractivity contribution in [2.24, 2.45) is 0 Å². The summed E-state index contributed by atoms with van der Waals surface area (Å²) in [5.74, 6) is 0. The van der Waals surface area contributed by atoms with Crippen molar-refractivity contribution in [2.45, 2.75) is 11.4 Å². The molecule has 0 radical (unpaired) electrons. The van der Waals surface area contributed by atoms with E-state index in [1.54, 1.807) is 36.4 Å². The summed E-state index contributed by atoms with van der Waals surface area (Å²) < 4.78 is 26.3. The minimum atomic E-state index is -3.73. The molecule has 0 fully saturated rings. The third-order valence-electron chi connectivity index (χ3n) is 2.99. The quantitative estimate of drug-likeness (QED) is 0.870. The summed E-state index contributed by atoms with van der Waals surface area (Å²) in [5, 5.41) is 9.59. The van der Waals surface area contributed by atoms with Crippen molar-refractivity contribution >= 4 is 21.6 Å². The lowest BCUT2D eigenvalue weighted by molar-refractivity contribution is 0.466. The molecule has 0 aromatic heterocycles. The van der Waals surface area contributed by atoms with Crippen molar-refractivity contribution < 1.29 is 8.42 Å². The molecule has 0 aliphatic rings. The molecule has 6 heteroatoms. The Kier molecular flexibility index (Phi) is 4.63. The second-order valence-corrected chi connectivity index (χ2v) is 6.95. The van der Waals surface area contributed by atoms with Crippen molar-refractivity contribution in [3.63, 3.8) is 0 Å². The number of halogens is 1. The van der Waals surface area contributed by atoms with Gasteiger partial charge in [-0.1, -0.05) is 35.9 Å². The van der Waals surface area contributed by atoms with Crippen molar-refractivity contribution in [1.82, 2.24) is 4.31 Å². The maximum absolute atomic E-state index is 12.5. The standard InChI is InChI=1S/C15H13ClN2O2S/c1-18(11-12-5-4-7-14(16)9-12)21(19,20)15-8-3-2-6-13(15)10-17/h2-9H,11H2,1H3.